The molecule has 174 valence electrons. The summed E-state index contributed by atoms with van der Waals surface area (Å²) in [6.07, 6.45) is 12.6. The Balaban J connectivity index is 1.48. The molecule has 32 heavy (non-hydrogen) atoms. The summed E-state index contributed by atoms with van der Waals surface area (Å²) in [5.74, 6) is 1.61. The highest BCUT2D eigenvalue weighted by Crippen LogP contribution is 2.29. The molecule has 0 aromatic carbocycles. The smallest absolute Gasteiger partial charge is 0.224 e. The number of hydrogen-bond donors (Lipinski definition) is 2. The summed E-state index contributed by atoms with van der Waals surface area (Å²) < 4.78 is 0. The molecule has 3 heterocycles. The highest BCUT2D eigenvalue weighted by atomic mass is 15.2. The van der Waals surface area contributed by atoms with Gasteiger partial charge in [0.2, 0.25) is 5.95 Å². The summed E-state index contributed by atoms with van der Waals surface area (Å²) in [4.78, 5) is 19.1. The lowest BCUT2D eigenvalue weighted by molar-refractivity contribution is 0.148. The van der Waals surface area contributed by atoms with Crippen LogP contribution in [0, 0.1) is 0 Å². The van der Waals surface area contributed by atoms with E-state index in [-0.39, 0.29) is 0 Å². The highest BCUT2D eigenvalue weighted by molar-refractivity contribution is 5.72. The van der Waals surface area contributed by atoms with Crippen LogP contribution in [0.15, 0.2) is 24.5 Å². The average molecular weight is 438 g/mol. The van der Waals surface area contributed by atoms with Crippen LogP contribution in [0.4, 0.5) is 11.8 Å². The minimum Gasteiger partial charge on any atom is -0.367 e. The van der Waals surface area contributed by atoms with Crippen molar-refractivity contribution in [3.8, 4) is 11.3 Å². The lowest BCUT2D eigenvalue weighted by Crippen LogP contribution is -2.43. The zero-order valence-corrected chi connectivity index (χ0v) is 19.8. The normalized spacial score (nSPS) is 18.6. The quantitative estimate of drug-likeness (QED) is 0.569. The van der Waals surface area contributed by atoms with Gasteiger partial charge in [-0.25, -0.2) is 4.98 Å². The minimum atomic E-state index is 0.484. The molecule has 1 aliphatic heterocycles. The van der Waals surface area contributed by atoms with Crippen molar-refractivity contribution < 1.29 is 0 Å². The second-order valence-electron chi connectivity index (χ2n) is 9.35. The summed E-state index contributed by atoms with van der Waals surface area (Å²) in [5.41, 5.74) is 3.19. The molecule has 2 aromatic heterocycles. The second kappa shape index (κ2) is 11.6. The van der Waals surface area contributed by atoms with Crippen molar-refractivity contribution in [3.63, 3.8) is 0 Å². The Kier molecular flexibility index (Phi) is 8.29. The van der Waals surface area contributed by atoms with Gasteiger partial charge >= 0.3 is 0 Å². The average Bonchev–Trinajstić information content (AvgIpc) is 2.82. The number of aromatic nitrogens is 3. The number of pyridine rings is 1. The molecule has 2 fully saturated rings. The van der Waals surface area contributed by atoms with Crippen LogP contribution in [-0.4, -0.2) is 70.6 Å². The number of anilines is 2. The first kappa shape index (κ1) is 22.9. The molecule has 0 amide bonds. The second-order valence-corrected chi connectivity index (χ2v) is 9.35. The fraction of sp³-hybridized carbons (Fsp3) is 0.640. The van der Waals surface area contributed by atoms with Crippen molar-refractivity contribution in [3.05, 3.63) is 30.1 Å². The van der Waals surface area contributed by atoms with Crippen LogP contribution in [0.2, 0.25) is 0 Å². The third-order valence-corrected chi connectivity index (χ3v) is 6.65. The molecular formula is C25H39N7. The largest absolute Gasteiger partial charge is 0.367 e. The molecule has 1 aliphatic carbocycles. The van der Waals surface area contributed by atoms with E-state index in [1.54, 1.807) is 0 Å². The molecule has 4 rings (SSSR count). The maximum absolute atomic E-state index is 4.85. The number of hydrogen-bond acceptors (Lipinski definition) is 7. The molecular weight excluding hydrogens is 398 g/mol. The maximum atomic E-state index is 4.85. The molecule has 0 radical (unpaired) electrons. The highest BCUT2D eigenvalue weighted by Gasteiger charge is 2.18. The van der Waals surface area contributed by atoms with Crippen molar-refractivity contribution in [2.24, 2.45) is 0 Å². The van der Waals surface area contributed by atoms with Gasteiger partial charge in [0.1, 0.15) is 5.82 Å². The zero-order chi connectivity index (χ0) is 22.2. The third-order valence-electron chi connectivity index (χ3n) is 6.65. The van der Waals surface area contributed by atoms with Gasteiger partial charge in [0.15, 0.2) is 0 Å². The number of unbranched alkanes of at least 4 members (excludes halogenated alkanes) is 1. The molecule has 7 heteroatoms. The third kappa shape index (κ3) is 6.39. The van der Waals surface area contributed by atoms with Crippen molar-refractivity contribution in [1.82, 2.24) is 24.8 Å². The van der Waals surface area contributed by atoms with Crippen LogP contribution >= 0.6 is 0 Å². The Morgan fingerprint density at radius 2 is 1.81 bits per heavy atom. The molecule has 2 aliphatic rings. The molecule has 2 N–H and O–H groups in total. The van der Waals surface area contributed by atoms with Crippen LogP contribution in [0.25, 0.3) is 11.3 Å². The fourth-order valence-electron chi connectivity index (χ4n) is 4.52. The van der Waals surface area contributed by atoms with Crippen molar-refractivity contribution in [1.29, 1.82) is 0 Å². The predicted molar refractivity (Wildman–Crippen MR) is 132 cm³/mol. The van der Waals surface area contributed by atoms with Crippen molar-refractivity contribution in [2.75, 3.05) is 50.4 Å². The van der Waals surface area contributed by atoms with Gasteiger partial charge in [-0.05, 0) is 37.9 Å². The number of rotatable bonds is 9. The van der Waals surface area contributed by atoms with Crippen molar-refractivity contribution in [2.45, 2.75) is 64.5 Å². The van der Waals surface area contributed by atoms with Gasteiger partial charge in [-0.15, -0.1) is 0 Å². The molecule has 7 nitrogen and oxygen atoms in total. The van der Waals surface area contributed by atoms with Gasteiger partial charge in [-0.3, -0.25) is 9.88 Å². The lowest BCUT2D eigenvalue weighted by atomic mass is 9.95. The van der Waals surface area contributed by atoms with Crippen LogP contribution in [0.3, 0.4) is 0 Å². The van der Waals surface area contributed by atoms with E-state index < -0.39 is 0 Å². The van der Waals surface area contributed by atoms with Gasteiger partial charge in [-0.2, -0.15) is 4.98 Å². The molecule has 1 saturated carbocycles. The Morgan fingerprint density at radius 1 is 1.00 bits per heavy atom. The maximum Gasteiger partial charge on any atom is 0.224 e. The fourth-order valence-corrected chi connectivity index (χ4v) is 4.52. The SMILES string of the molecule is CCCCNc1ncc(-c2ccc(CN3CCN(C)CC3)cn2)c(NC2CCCCC2)n1. The van der Waals surface area contributed by atoms with Gasteiger partial charge in [0, 0.05) is 57.7 Å². The molecule has 0 atom stereocenters. The Bertz CT molecular complexity index is 825. The van der Waals surface area contributed by atoms with E-state index in [4.69, 9.17) is 9.97 Å². The number of nitrogens with one attached hydrogen (secondary N) is 2. The van der Waals surface area contributed by atoms with Crippen LogP contribution < -0.4 is 10.6 Å². The van der Waals surface area contributed by atoms with Gasteiger partial charge in [0.05, 0.1) is 11.3 Å². The van der Waals surface area contributed by atoms with Crippen molar-refractivity contribution >= 4 is 11.8 Å². The standard InChI is InChI=1S/C25H39N7/c1-3-4-12-26-25-28-18-22(24(30-25)29-21-8-6-5-7-9-21)23-11-10-20(17-27-23)19-32-15-13-31(2)14-16-32/h10-11,17-18,21H,3-9,12-16,19H2,1-2H3,(H2,26,28,29,30). The van der Waals surface area contributed by atoms with E-state index in [9.17, 15) is 0 Å². The molecule has 1 saturated heterocycles. The minimum absolute atomic E-state index is 0.484. The lowest BCUT2D eigenvalue weighted by Gasteiger charge is -2.32. The molecule has 0 spiro atoms. The first-order valence-corrected chi connectivity index (χ1v) is 12.4. The molecule has 2 aromatic rings. The summed E-state index contributed by atoms with van der Waals surface area (Å²) in [6, 6.07) is 4.82. The van der Waals surface area contributed by atoms with Gasteiger partial charge in [-0.1, -0.05) is 38.7 Å². The first-order valence-electron chi connectivity index (χ1n) is 12.4. The molecule has 0 bridgehead atoms. The van der Waals surface area contributed by atoms with E-state index in [0.29, 0.717) is 12.0 Å². The summed E-state index contributed by atoms with van der Waals surface area (Å²) >= 11 is 0. The van der Waals surface area contributed by atoms with Gasteiger partial charge in [0.25, 0.3) is 0 Å². The number of piperazine rings is 1. The van der Waals surface area contributed by atoms with E-state index >= 15 is 0 Å². The van der Waals surface area contributed by atoms with E-state index in [1.807, 2.05) is 12.4 Å². The monoisotopic (exact) mass is 437 g/mol. The van der Waals surface area contributed by atoms with Crippen LogP contribution in [-0.2, 0) is 6.54 Å². The predicted octanol–water partition coefficient (Wildman–Crippen LogP) is 4.24. The topological polar surface area (TPSA) is 69.2 Å². The van der Waals surface area contributed by atoms with Gasteiger partial charge < -0.3 is 15.5 Å². The molecule has 0 unspecified atom stereocenters. The Morgan fingerprint density at radius 3 is 2.53 bits per heavy atom. The summed E-state index contributed by atoms with van der Waals surface area (Å²) in [7, 11) is 2.19. The van der Waals surface area contributed by atoms with Crippen LogP contribution in [0.1, 0.15) is 57.4 Å². The van der Waals surface area contributed by atoms with Crippen LogP contribution in [0.5, 0.6) is 0 Å². The zero-order valence-electron chi connectivity index (χ0n) is 19.8. The number of nitrogens with zero attached hydrogens (tertiary/aromatic N) is 5. The Hall–Kier alpha value is -2.25. The summed E-state index contributed by atoms with van der Waals surface area (Å²) in [6.45, 7) is 8.57. The first-order chi connectivity index (χ1) is 15.7. The Labute approximate surface area is 193 Å². The van der Waals surface area contributed by atoms with E-state index in [2.05, 4.69) is 51.5 Å². The number of likely N-dealkylation sites (N-methyl/N-ethyl adjacent to an activating group) is 1. The van der Waals surface area contributed by atoms with E-state index in [0.717, 1.165) is 69.2 Å². The summed E-state index contributed by atoms with van der Waals surface area (Å²) in [5, 5.41) is 7.09. The van der Waals surface area contributed by atoms with E-state index in [1.165, 1.54) is 37.7 Å².